The molecule has 36 heavy (non-hydrogen) atoms. The van der Waals surface area contributed by atoms with Gasteiger partial charge in [0, 0.05) is 36.6 Å². The largest absolute Gasteiger partial charge is 0.507 e. The highest BCUT2D eigenvalue weighted by Crippen LogP contribution is 2.45. The lowest BCUT2D eigenvalue weighted by Crippen LogP contribution is -2.31. The maximum Gasteiger partial charge on any atom is 0.295 e. The molecule has 0 bridgehead atoms. The summed E-state index contributed by atoms with van der Waals surface area (Å²) < 4.78 is 18.5. The Balaban J connectivity index is 1.79. The molecule has 1 amide bonds. The van der Waals surface area contributed by atoms with Crippen LogP contribution in [0.15, 0.2) is 66.8 Å². The fraction of sp³-hybridized carbons (Fsp3) is 0.296. The van der Waals surface area contributed by atoms with E-state index in [4.69, 9.17) is 14.2 Å². The van der Waals surface area contributed by atoms with Crippen LogP contribution in [0.5, 0.6) is 17.2 Å². The summed E-state index contributed by atoms with van der Waals surface area (Å²) in [4.78, 5) is 32.1. The molecule has 0 aliphatic carbocycles. The standard InChI is InChI=1S/C27H29N3O6/c1-4-36-19-11-9-18(10-12-19)24(31)22-23(20-7-5-8-21(34-2)26(20)35-3)30(27(33)25(22)32)15-6-14-29-16-13-28-17-29/h5,7-13,16-17,23,31H,4,6,14-15H2,1-3H3/b24-22+/t23-/m0/s1. The first-order chi connectivity index (χ1) is 17.5. The van der Waals surface area contributed by atoms with Gasteiger partial charge in [0.05, 0.1) is 38.8 Å². The minimum Gasteiger partial charge on any atom is -0.507 e. The number of aryl methyl sites for hydroxylation is 1. The minimum absolute atomic E-state index is 0.00153. The number of hydrogen-bond donors (Lipinski definition) is 1. The van der Waals surface area contributed by atoms with Gasteiger partial charge in [-0.3, -0.25) is 9.59 Å². The zero-order valence-corrected chi connectivity index (χ0v) is 20.5. The first-order valence-electron chi connectivity index (χ1n) is 11.7. The molecule has 0 radical (unpaired) electrons. The molecule has 1 aromatic heterocycles. The number of methoxy groups -OCH3 is 2. The van der Waals surface area contributed by atoms with Gasteiger partial charge in [0.25, 0.3) is 11.7 Å². The first kappa shape index (κ1) is 24.8. The van der Waals surface area contributed by atoms with E-state index in [9.17, 15) is 14.7 Å². The monoisotopic (exact) mass is 491 g/mol. The maximum absolute atomic E-state index is 13.3. The van der Waals surface area contributed by atoms with E-state index in [0.717, 1.165) is 0 Å². The van der Waals surface area contributed by atoms with Crippen molar-refractivity contribution >= 4 is 17.4 Å². The van der Waals surface area contributed by atoms with Crippen LogP contribution in [-0.2, 0) is 16.1 Å². The summed E-state index contributed by atoms with van der Waals surface area (Å²) in [7, 11) is 3.02. The van der Waals surface area contributed by atoms with Gasteiger partial charge in [-0.25, -0.2) is 4.98 Å². The average Bonchev–Trinajstić information content (AvgIpc) is 3.50. The molecule has 0 unspecified atom stereocenters. The van der Waals surface area contributed by atoms with Crippen LogP contribution in [-0.4, -0.2) is 58.6 Å². The van der Waals surface area contributed by atoms with Gasteiger partial charge >= 0.3 is 0 Å². The normalized spacial score (nSPS) is 16.9. The third-order valence-corrected chi connectivity index (χ3v) is 6.08. The number of carbonyl (C=O) groups excluding carboxylic acids is 2. The molecule has 1 fully saturated rings. The van der Waals surface area contributed by atoms with Crippen molar-refractivity contribution in [3.05, 3.63) is 77.9 Å². The molecular formula is C27H29N3O6. The summed E-state index contributed by atoms with van der Waals surface area (Å²) in [6, 6.07) is 11.1. The van der Waals surface area contributed by atoms with Crippen LogP contribution >= 0.6 is 0 Å². The van der Waals surface area contributed by atoms with Crippen molar-refractivity contribution in [1.29, 1.82) is 0 Å². The maximum atomic E-state index is 13.3. The van der Waals surface area contributed by atoms with Crippen molar-refractivity contribution in [2.75, 3.05) is 27.4 Å². The SMILES string of the molecule is CCOc1ccc(/C(O)=C2\C(=O)C(=O)N(CCCn3ccnc3)[C@H]2c2cccc(OC)c2OC)cc1. The zero-order valence-electron chi connectivity index (χ0n) is 20.5. The Kier molecular flexibility index (Phi) is 7.58. The molecule has 1 atom stereocenters. The summed E-state index contributed by atoms with van der Waals surface area (Å²) in [5, 5.41) is 11.3. The third-order valence-electron chi connectivity index (χ3n) is 6.08. The molecule has 9 heteroatoms. The van der Waals surface area contributed by atoms with E-state index >= 15 is 0 Å². The van der Waals surface area contributed by atoms with Crippen LogP contribution in [0, 0.1) is 0 Å². The van der Waals surface area contributed by atoms with Gasteiger partial charge in [-0.1, -0.05) is 12.1 Å². The number of aliphatic hydroxyl groups is 1. The van der Waals surface area contributed by atoms with E-state index < -0.39 is 17.7 Å². The van der Waals surface area contributed by atoms with Gasteiger partial charge in [0.15, 0.2) is 11.5 Å². The van der Waals surface area contributed by atoms with Crippen LogP contribution in [0.2, 0.25) is 0 Å². The van der Waals surface area contributed by atoms with Crippen molar-refractivity contribution < 1.29 is 28.9 Å². The molecule has 9 nitrogen and oxygen atoms in total. The predicted octanol–water partition coefficient (Wildman–Crippen LogP) is 3.81. The number of Topliss-reactive ketones (excluding diaryl/α,β-unsaturated/α-hetero) is 1. The van der Waals surface area contributed by atoms with E-state index in [1.807, 2.05) is 17.7 Å². The number of carbonyl (C=O) groups is 2. The number of amides is 1. The lowest BCUT2D eigenvalue weighted by molar-refractivity contribution is -0.140. The molecule has 2 heterocycles. The smallest absolute Gasteiger partial charge is 0.295 e. The minimum atomic E-state index is -0.857. The zero-order chi connectivity index (χ0) is 25.7. The molecule has 0 spiro atoms. The number of imidazole rings is 1. The van der Waals surface area contributed by atoms with Crippen LogP contribution in [0.25, 0.3) is 5.76 Å². The molecule has 1 aliphatic rings. The molecule has 1 saturated heterocycles. The van der Waals surface area contributed by atoms with Gasteiger partial charge < -0.3 is 28.8 Å². The van der Waals surface area contributed by atoms with Crippen molar-refractivity contribution in [2.24, 2.45) is 0 Å². The van der Waals surface area contributed by atoms with Crippen LogP contribution in [0.4, 0.5) is 0 Å². The fourth-order valence-corrected chi connectivity index (χ4v) is 4.44. The number of ketones is 1. The van der Waals surface area contributed by atoms with E-state index in [0.29, 0.717) is 47.9 Å². The summed E-state index contributed by atoms with van der Waals surface area (Å²) in [6.45, 7) is 3.28. The average molecular weight is 492 g/mol. The van der Waals surface area contributed by atoms with Crippen LogP contribution in [0.3, 0.4) is 0 Å². The number of likely N-dealkylation sites (tertiary alicyclic amines) is 1. The number of nitrogens with zero attached hydrogens (tertiary/aromatic N) is 3. The van der Waals surface area contributed by atoms with Gasteiger partial charge in [-0.15, -0.1) is 0 Å². The van der Waals surface area contributed by atoms with Crippen molar-refractivity contribution in [2.45, 2.75) is 25.9 Å². The van der Waals surface area contributed by atoms with Crippen LogP contribution < -0.4 is 14.2 Å². The topological polar surface area (TPSA) is 103 Å². The second kappa shape index (κ2) is 11.0. The highest BCUT2D eigenvalue weighted by atomic mass is 16.5. The lowest BCUT2D eigenvalue weighted by atomic mass is 9.94. The Morgan fingerprint density at radius 1 is 1.06 bits per heavy atom. The Hall–Kier alpha value is -4.27. The van der Waals surface area contributed by atoms with Crippen molar-refractivity contribution in [1.82, 2.24) is 14.5 Å². The highest BCUT2D eigenvalue weighted by molar-refractivity contribution is 6.46. The first-order valence-corrected chi connectivity index (χ1v) is 11.7. The fourth-order valence-electron chi connectivity index (χ4n) is 4.44. The number of ether oxygens (including phenoxy) is 3. The van der Waals surface area contributed by atoms with Gasteiger partial charge in [-0.05, 0) is 43.7 Å². The van der Waals surface area contributed by atoms with E-state index in [1.54, 1.807) is 55.0 Å². The number of aromatic nitrogens is 2. The van der Waals surface area contributed by atoms with Gasteiger partial charge in [0.2, 0.25) is 0 Å². The number of para-hydroxylation sites is 1. The second-order valence-corrected chi connectivity index (χ2v) is 8.19. The molecule has 188 valence electrons. The van der Waals surface area contributed by atoms with Gasteiger partial charge in [0.1, 0.15) is 11.5 Å². The molecule has 4 rings (SSSR count). The van der Waals surface area contributed by atoms with Crippen LogP contribution in [0.1, 0.15) is 30.5 Å². The summed E-state index contributed by atoms with van der Waals surface area (Å²) >= 11 is 0. The van der Waals surface area contributed by atoms with Crippen molar-refractivity contribution in [3.8, 4) is 17.2 Å². The lowest BCUT2D eigenvalue weighted by Gasteiger charge is -2.27. The highest BCUT2D eigenvalue weighted by Gasteiger charge is 2.47. The number of rotatable bonds is 10. The number of hydrogen-bond acceptors (Lipinski definition) is 7. The summed E-state index contributed by atoms with van der Waals surface area (Å²) in [6.07, 6.45) is 5.80. The Morgan fingerprint density at radius 3 is 2.47 bits per heavy atom. The molecule has 1 aliphatic heterocycles. The summed E-state index contributed by atoms with van der Waals surface area (Å²) in [5.41, 5.74) is 0.950. The van der Waals surface area contributed by atoms with Gasteiger partial charge in [-0.2, -0.15) is 0 Å². The Labute approximate surface area is 209 Å². The molecule has 1 N–H and O–H groups in total. The molecule has 3 aromatic rings. The number of benzene rings is 2. The molecule has 2 aromatic carbocycles. The number of aliphatic hydroxyl groups excluding tert-OH is 1. The van der Waals surface area contributed by atoms with E-state index in [2.05, 4.69) is 4.98 Å². The molecule has 0 saturated carbocycles. The Morgan fingerprint density at radius 2 is 1.83 bits per heavy atom. The van der Waals surface area contributed by atoms with E-state index in [1.165, 1.54) is 19.1 Å². The van der Waals surface area contributed by atoms with Crippen molar-refractivity contribution in [3.63, 3.8) is 0 Å². The predicted molar refractivity (Wildman–Crippen MR) is 133 cm³/mol. The van der Waals surface area contributed by atoms with E-state index in [-0.39, 0.29) is 17.9 Å². The Bertz CT molecular complexity index is 1250. The third kappa shape index (κ3) is 4.77. The quantitative estimate of drug-likeness (QED) is 0.261. The summed E-state index contributed by atoms with van der Waals surface area (Å²) in [5.74, 6) is -0.200. The second-order valence-electron chi connectivity index (χ2n) is 8.19. The molecular weight excluding hydrogens is 462 g/mol.